The Bertz CT molecular complexity index is 1300. The van der Waals surface area contributed by atoms with Gasteiger partial charge in [-0.2, -0.15) is 13.2 Å². The third-order valence-electron chi connectivity index (χ3n) is 6.35. The summed E-state index contributed by atoms with van der Waals surface area (Å²) in [4.78, 5) is 14.5. The minimum Gasteiger partial charge on any atom is -0.493 e. The summed E-state index contributed by atoms with van der Waals surface area (Å²) in [5.74, 6) is -0.819. The van der Waals surface area contributed by atoms with E-state index in [0.717, 1.165) is 6.07 Å². The van der Waals surface area contributed by atoms with Crippen molar-refractivity contribution in [1.82, 2.24) is 10.2 Å². The smallest absolute Gasteiger partial charge is 0.420 e. The Hall–Kier alpha value is -3.77. The Morgan fingerprint density at radius 2 is 2.00 bits per heavy atom. The van der Waals surface area contributed by atoms with Gasteiger partial charge in [0.25, 0.3) is 0 Å². The summed E-state index contributed by atoms with van der Waals surface area (Å²) in [6.45, 7) is 5.04. The molecule has 0 spiro atoms. The van der Waals surface area contributed by atoms with E-state index in [4.69, 9.17) is 9.47 Å². The first-order valence-electron chi connectivity index (χ1n) is 12.3. The van der Waals surface area contributed by atoms with E-state index >= 15 is 0 Å². The van der Waals surface area contributed by atoms with Crippen molar-refractivity contribution in [3.8, 4) is 5.75 Å². The molecule has 2 atom stereocenters. The molecule has 2 amide bonds. The monoisotopic (exact) mass is 550 g/mol. The van der Waals surface area contributed by atoms with Crippen molar-refractivity contribution in [2.45, 2.75) is 38.3 Å². The molecule has 2 aliphatic heterocycles. The first-order valence-corrected chi connectivity index (χ1v) is 12.3. The number of dihydropyridines is 1. The number of carbonyl (C=O) groups is 1. The van der Waals surface area contributed by atoms with E-state index in [0.29, 0.717) is 37.3 Å². The number of hydrogen-bond acceptors (Lipinski definition) is 6. The molecule has 39 heavy (non-hydrogen) atoms. The number of carbonyl (C=O) groups excluding carboxylic acids is 1. The van der Waals surface area contributed by atoms with Crippen molar-refractivity contribution in [2.75, 3.05) is 37.4 Å². The summed E-state index contributed by atoms with van der Waals surface area (Å²) in [5.41, 5.74) is -1.12. The van der Waals surface area contributed by atoms with Crippen LogP contribution in [0.5, 0.6) is 5.75 Å². The molecule has 2 aromatic carbocycles. The standard InChI is InChI=1S/C27H30F4N4O4/c1-4-38-23-12-17(14-32-24(23)36)16-5-7-21(20(28)11-16)34-25(37)33-18-6-8-22(19(13-18)27(29,30)31)39-26(2)9-10-35(3)15-26/h5-8,11-14,24,32,36H,4,9-10,15H2,1-3H3,(H2,33,34,37). The predicted molar refractivity (Wildman–Crippen MR) is 138 cm³/mol. The van der Waals surface area contributed by atoms with Crippen LogP contribution in [-0.2, 0) is 10.9 Å². The van der Waals surface area contributed by atoms with Gasteiger partial charge in [-0.25, -0.2) is 9.18 Å². The summed E-state index contributed by atoms with van der Waals surface area (Å²) < 4.78 is 67.4. The summed E-state index contributed by atoms with van der Waals surface area (Å²) >= 11 is 0. The number of alkyl halides is 3. The molecule has 1 saturated heterocycles. The lowest BCUT2D eigenvalue weighted by atomic mass is 10.0. The van der Waals surface area contributed by atoms with Crippen LogP contribution < -0.4 is 20.7 Å². The average molecular weight is 551 g/mol. The molecule has 4 N–H and O–H groups in total. The first-order chi connectivity index (χ1) is 18.4. The van der Waals surface area contributed by atoms with E-state index in [2.05, 4.69) is 16.0 Å². The molecule has 2 heterocycles. The summed E-state index contributed by atoms with van der Waals surface area (Å²) in [6.07, 6.45) is -2.10. The number of hydrogen-bond donors (Lipinski definition) is 4. The molecule has 2 aromatic rings. The van der Waals surface area contributed by atoms with Crippen molar-refractivity contribution < 1.29 is 36.9 Å². The number of halogens is 4. The highest BCUT2D eigenvalue weighted by atomic mass is 19.4. The van der Waals surface area contributed by atoms with E-state index in [1.807, 2.05) is 11.9 Å². The molecule has 0 aromatic heterocycles. The number of nitrogens with one attached hydrogen (secondary N) is 3. The molecule has 210 valence electrons. The van der Waals surface area contributed by atoms with Crippen LogP contribution in [0.1, 0.15) is 31.4 Å². The van der Waals surface area contributed by atoms with E-state index in [1.165, 1.54) is 30.5 Å². The predicted octanol–water partition coefficient (Wildman–Crippen LogP) is 5.14. The number of anilines is 2. The van der Waals surface area contributed by atoms with E-state index in [1.54, 1.807) is 26.0 Å². The van der Waals surface area contributed by atoms with Crippen LogP contribution in [0.3, 0.4) is 0 Å². The Morgan fingerprint density at radius 3 is 2.64 bits per heavy atom. The fourth-order valence-corrected chi connectivity index (χ4v) is 4.48. The van der Waals surface area contributed by atoms with Gasteiger partial charge in [-0.15, -0.1) is 0 Å². The number of ether oxygens (including phenoxy) is 2. The SMILES string of the molecule is CCOC1=CC(c2ccc(NC(=O)Nc3ccc(OC4(C)CCN(C)C4)c(C(F)(F)F)c3)c(F)c2)=CNC1O. The third kappa shape index (κ3) is 6.82. The number of nitrogens with zero attached hydrogens (tertiary/aromatic N) is 1. The second kappa shape index (κ2) is 11.1. The van der Waals surface area contributed by atoms with Crippen LogP contribution in [0.25, 0.3) is 5.57 Å². The maximum absolute atomic E-state index is 14.8. The van der Waals surface area contributed by atoms with E-state index in [9.17, 15) is 27.5 Å². The average Bonchev–Trinajstić information content (AvgIpc) is 3.20. The quantitative estimate of drug-likeness (QED) is 0.357. The summed E-state index contributed by atoms with van der Waals surface area (Å²) in [6, 6.07) is 6.37. The Balaban J connectivity index is 1.46. The molecular weight excluding hydrogens is 520 g/mol. The molecular formula is C27H30F4N4O4. The zero-order valence-electron chi connectivity index (χ0n) is 21.7. The van der Waals surface area contributed by atoms with Crippen molar-refractivity contribution in [1.29, 1.82) is 0 Å². The van der Waals surface area contributed by atoms with Gasteiger partial charge in [0.2, 0.25) is 0 Å². The molecule has 0 aliphatic carbocycles. The number of aliphatic hydroxyl groups excluding tert-OH is 1. The lowest BCUT2D eigenvalue weighted by Crippen LogP contribution is -2.35. The van der Waals surface area contributed by atoms with Crippen molar-refractivity contribution in [2.24, 2.45) is 0 Å². The number of urea groups is 1. The molecule has 2 unspecified atom stereocenters. The van der Waals surface area contributed by atoms with Gasteiger partial charge < -0.3 is 35.4 Å². The number of aliphatic hydroxyl groups is 1. The normalized spacial score (nSPS) is 21.5. The molecule has 0 saturated carbocycles. The van der Waals surface area contributed by atoms with Gasteiger partial charge in [0.1, 0.15) is 22.9 Å². The zero-order chi connectivity index (χ0) is 28.4. The van der Waals surface area contributed by atoms with E-state index < -0.39 is 35.4 Å². The number of benzene rings is 2. The summed E-state index contributed by atoms with van der Waals surface area (Å²) in [7, 11) is 1.87. The fourth-order valence-electron chi connectivity index (χ4n) is 4.48. The lowest BCUT2D eigenvalue weighted by molar-refractivity contribution is -0.139. The van der Waals surface area contributed by atoms with Gasteiger partial charge in [-0.05, 0) is 62.9 Å². The highest BCUT2D eigenvalue weighted by Gasteiger charge is 2.39. The van der Waals surface area contributed by atoms with E-state index in [-0.39, 0.29) is 22.9 Å². The van der Waals surface area contributed by atoms with Gasteiger partial charge in [-0.1, -0.05) is 6.07 Å². The largest absolute Gasteiger partial charge is 0.493 e. The topological polar surface area (TPSA) is 95.1 Å². The van der Waals surface area contributed by atoms with Gasteiger partial charge in [-0.3, -0.25) is 0 Å². The highest BCUT2D eigenvalue weighted by molar-refractivity contribution is 6.00. The second-order valence-electron chi connectivity index (χ2n) is 9.67. The highest BCUT2D eigenvalue weighted by Crippen LogP contribution is 2.40. The molecule has 2 aliphatic rings. The van der Waals surface area contributed by atoms with Crippen LogP contribution in [0, 0.1) is 5.82 Å². The molecule has 8 nitrogen and oxygen atoms in total. The molecule has 4 rings (SSSR count). The van der Waals surface area contributed by atoms with Crippen LogP contribution in [0.15, 0.2) is 54.4 Å². The number of rotatable bonds is 7. The maximum Gasteiger partial charge on any atom is 0.420 e. The van der Waals surface area contributed by atoms with Gasteiger partial charge in [0, 0.05) is 37.0 Å². The fraction of sp³-hybridized carbons (Fsp3) is 0.370. The van der Waals surface area contributed by atoms with Crippen molar-refractivity contribution in [3.05, 3.63) is 71.4 Å². The van der Waals surface area contributed by atoms with Crippen molar-refractivity contribution >= 4 is 23.0 Å². The van der Waals surface area contributed by atoms with Crippen LogP contribution in [0.4, 0.5) is 33.7 Å². The second-order valence-corrected chi connectivity index (χ2v) is 9.67. The number of allylic oxidation sites excluding steroid dienone is 2. The minimum absolute atomic E-state index is 0.136. The first kappa shape index (κ1) is 28.2. The minimum atomic E-state index is -4.72. The Kier molecular flexibility index (Phi) is 8.07. The van der Waals surface area contributed by atoms with Gasteiger partial charge in [0.15, 0.2) is 6.23 Å². The van der Waals surface area contributed by atoms with Crippen LogP contribution in [0.2, 0.25) is 0 Å². The molecule has 0 radical (unpaired) electrons. The Labute approximate surface area is 223 Å². The number of amides is 2. The summed E-state index contributed by atoms with van der Waals surface area (Å²) in [5, 5.41) is 17.2. The lowest BCUT2D eigenvalue weighted by Gasteiger charge is -2.28. The van der Waals surface area contributed by atoms with Crippen molar-refractivity contribution in [3.63, 3.8) is 0 Å². The van der Waals surface area contributed by atoms with Gasteiger partial charge in [0.05, 0.1) is 17.9 Å². The maximum atomic E-state index is 14.8. The number of likely N-dealkylation sites (tertiary alicyclic amines) is 1. The van der Waals surface area contributed by atoms with Gasteiger partial charge >= 0.3 is 12.2 Å². The zero-order valence-corrected chi connectivity index (χ0v) is 21.7. The number of likely N-dealkylation sites (N-methyl/N-ethyl adjacent to an activating group) is 1. The molecule has 1 fully saturated rings. The third-order valence-corrected chi connectivity index (χ3v) is 6.35. The molecule has 12 heteroatoms. The Morgan fingerprint density at radius 1 is 1.23 bits per heavy atom. The van der Waals surface area contributed by atoms with Crippen LogP contribution >= 0.6 is 0 Å². The molecule has 0 bridgehead atoms. The van der Waals surface area contributed by atoms with Crippen LogP contribution in [-0.4, -0.2) is 54.6 Å².